The topological polar surface area (TPSA) is 29.3 Å². The maximum absolute atomic E-state index is 6.21. The highest BCUT2D eigenvalue weighted by Gasteiger charge is 2.40. The molecule has 0 radical (unpaired) electrons. The van der Waals surface area contributed by atoms with Gasteiger partial charge in [0, 0.05) is 24.5 Å². The molecule has 1 saturated carbocycles. The number of nitrogens with zero attached hydrogens (tertiary/aromatic N) is 1. The van der Waals surface area contributed by atoms with Crippen LogP contribution in [0.3, 0.4) is 0 Å². The van der Waals surface area contributed by atoms with Crippen LogP contribution in [0.2, 0.25) is 0 Å². The Labute approximate surface area is 91.1 Å². The number of rotatable bonds is 2. The van der Waals surface area contributed by atoms with Crippen LogP contribution in [0.5, 0.6) is 0 Å². The van der Waals surface area contributed by atoms with E-state index in [9.17, 15) is 0 Å². The van der Waals surface area contributed by atoms with Crippen molar-refractivity contribution in [3.8, 4) is 0 Å². The molecule has 0 spiro atoms. The highest BCUT2D eigenvalue weighted by molar-refractivity contribution is 5.35. The fourth-order valence-corrected chi connectivity index (χ4v) is 2.44. The minimum Gasteiger partial charge on any atom is -0.321 e. The van der Waals surface area contributed by atoms with E-state index in [0.717, 1.165) is 18.8 Å². The lowest BCUT2D eigenvalue weighted by atomic mass is 9.89. The Bertz CT molecular complexity index is 376. The standard InChI is InChI=1S/C13H18N2/c1-15-8-11(9-15)10-3-2-4-12(7-10)13(14)5-6-13/h2-4,7,11H,5-6,8-9,14H2,1H3. The predicted molar refractivity (Wildman–Crippen MR) is 61.8 cm³/mol. The molecule has 0 atom stereocenters. The minimum absolute atomic E-state index is 0.0195. The number of hydrogen-bond acceptors (Lipinski definition) is 2. The Morgan fingerprint density at radius 1 is 1.33 bits per heavy atom. The van der Waals surface area contributed by atoms with Crippen molar-refractivity contribution in [1.29, 1.82) is 0 Å². The van der Waals surface area contributed by atoms with E-state index in [0.29, 0.717) is 0 Å². The first-order chi connectivity index (χ1) is 7.17. The first kappa shape index (κ1) is 9.37. The second-order valence-electron chi connectivity index (χ2n) is 5.20. The molecule has 1 aromatic rings. The molecule has 2 heteroatoms. The molecule has 15 heavy (non-hydrogen) atoms. The molecule has 2 aliphatic rings. The van der Waals surface area contributed by atoms with E-state index in [4.69, 9.17) is 5.73 Å². The molecular formula is C13H18N2. The largest absolute Gasteiger partial charge is 0.321 e. The normalized spacial score (nSPS) is 24.9. The lowest BCUT2D eigenvalue weighted by Gasteiger charge is -2.36. The molecule has 0 unspecified atom stereocenters. The predicted octanol–water partition coefficient (Wildman–Crippen LogP) is 1.66. The van der Waals surface area contributed by atoms with Gasteiger partial charge in [0.1, 0.15) is 0 Å². The van der Waals surface area contributed by atoms with Gasteiger partial charge in [0.25, 0.3) is 0 Å². The number of nitrogens with two attached hydrogens (primary N) is 1. The summed E-state index contributed by atoms with van der Waals surface area (Å²) in [7, 11) is 2.17. The van der Waals surface area contributed by atoms with Gasteiger partial charge >= 0.3 is 0 Å². The SMILES string of the molecule is CN1CC(c2cccc(C3(N)CC3)c2)C1. The molecule has 1 heterocycles. The van der Waals surface area contributed by atoms with Gasteiger partial charge in [-0.3, -0.25) is 0 Å². The van der Waals surface area contributed by atoms with Gasteiger partial charge in [-0.2, -0.15) is 0 Å². The van der Waals surface area contributed by atoms with Crippen LogP contribution >= 0.6 is 0 Å². The molecule has 0 aromatic heterocycles. The van der Waals surface area contributed by atoms with Gasteiger partial charge in [-0.05, 0) is 31.0 Å². The number of likely N-dealkylation sites (N-methyl/N-ethyl adjacent to an activating group) is 1. The van der Waals surface area contributed by atoms with E-state index in [2.05, 4.69) is 36.2 Å². The van der Waals surface area contributed by atoms with E-state index >= 15 is 0 Å². The summed E-state index contributed by atoms with van der Waals surface area (Å²) in [5, 5.41) is 0. The van der Waals surface area contributed by atoms with Crippen LogP contribution in [0, 0.1) is 0 Å². The smallest absolute Gasteiger partial charge is 0.0411 e. The second-order valence-corrected chi connectivity index (χ2v) is 5.20. The average molecular weight is 202 g/mol. The van der Waals surface area contributed by atoms with Crippen molar-refractivity contribution in [3.05, 3.63) is 35.4 Å². The molecule has 1 saturated heterocycles. The van der Waals surface area contributed by atoms with Crippen molar-refractivity contribution in [1.82, 2.24) is 4.90 Å². The third-order valence-corrected chi connectivity index (χ3v) is 3.79. The quantitative estimate of drug-likeness (QED) is 0.790. The van der Waals surface area contributed by atoms with Gasteiger partial charge in [-0.1, -0.05) is 24.3 Å². The molecule has 0 bridgehead atoms. The minimum atomic E-state index is 0.0195. The highest BCUT2D eigenvalue weighted by Crippen LogP contribution is 2.43. The third kappa shape index (κ3) is 1.58. The summed E-state index contributed by atoms with van der Waals surface area (Å²) in [5.74, 6) is 0.734. The van der Waals surface area contributed by atoms with E-state index in [-0.39, 0.29) is 5.54 Å². The maximum Gasteiger partial charge on any atom is 0.0411 e. The first-order valence-corrected chi connectivity index (χ1v) is 5.75. The lowest BCUT2D eigenvalue weighted by Crippen LogP contribution is -2.41. The second kappa shape index (κ2) is 3.06. The molecule has 2 N–H and O–H groups in total. The van der Waals surface area contributed by atoms with E-state index < -0.39 is 0 Å². The zero-order valence-electron chi connectivity index (χ0n) is 9.24. The third-order valence-electron chi connectivity index (χ3n) is 3.79. The molecule has 2 fully saturated rings. The van der Waals surface area contributed by atoms with Crippen molar-refractivity contribution in [3.63, 3.8) is 0 Å². The van der Waals surface area contributed by atoms with Crippen LogP contribution in [0.4, 0.5) is 0 Å². The number of benzene rings is 1. The van der Waals surface area contributed by atoms with Crippen LogP contribution in [-0.2, 0) is 5.54 Å². The lowest BCUT2D eigenvalue weighted by molar-refractivity contribution is 0.189. The molecule has 3 rings (SSSR count). The molecule has 0 amide bonds. The van der Waals surface area contributed by atoms with Crippen molar-refractivity contribution in [2.24, 2.45) is 5.73 Å². The van der Waals surface area contributed by atoms with Crippen LogP contribution in [0.1, 0.15) is 29.9 Å². The number of hydrogen-bond donors (Lipinski definition) is 1. The fourth-order valence-electron chi connectivity index (χ4n) is 2.44. The summed E-state index contributed by atoms with van der Waals surface area (Å²) in [6, 6.07) is 8.91. The maximum atomic E-state index is 6.21. The zero-order chi connectivity index (χ0) is 10.5. The molecule has 1 aromatic carbocycles. The van der Waals surface area contributed by atoms with Gasteiger partial charge in [-0.15, -0.1) is 0 Å². The van der Waals surface area contributed by atoms with Gasteiger partial charge in [0.15, 0.2) is 0 Å². The highest BCUT2D eigenvalue weighted by atomic mass is 15.2. The Morgan fingerprint density at radius 2 is 2.07 bits per heavy atom. The van der Waals surface area contributed by atoms with Gasteiger partial charge in [0.2, 0.25) is 0 Å². The Hall–Kier alpha value is -0.860. The van der Waals surface area contributed by atoms with Gasteiger partial charge in [-0.25, -0.2) is 0 Å². The summed E-state index contributed by atoms with van der Waals surface area (Å²) < 4.78 is 0. The summed E-state index contributed by atoms with van der Waals surface area (Å²) in [6.45, 7) is 2.39. The Balaban J connectivity index is 1.84. The Morgan fingerprint density at radius 3 is 2.67 bits per heavy atom. The van der Waals surface area contributed by atoms with Crippen molar-refractivity contribution < 1.29 is 0 Å². The zero-order valence-corrected chi connectivity index (χ0v) is 9.24. The first-order valence-electron chi connectivity index (χ1n) is 5.75. The van der Waals surface area contributed by atoms with E-state index in [1.165, 1.54) is 24.2 Å². The fraction of sp³-hybridized carbons (Fsp3) is 0.538. The summed E-state index contributed by atoms with van der Waals surface area (Å²) in [5.41, 5.74) is 9.05. The van der Waals surface area contributed by atoms with Crippen LogP contribution in [-0.4, -0.2) is 25.0 Å². The van der Waals surface area contributed by atoms with Crippen molar-refractivity contribution in [2.45, 2.75) is 24.3 Å². The molecule has 1 aliphatic carbocycles. The van der Waals surface area contributed by atoms with E-state index in [1.807, 2.05) is 0 Å². The molecule has 80 valence electrons. The van der Waals surface area contributed by atoms with Crippen LogP contribution in [0.25, 0.3) is 0 Å². The average Bonchev–Trinajstić information content (AvgIpc) is 2.94. The summed E-state index contributed by atoms with van der Waals surface area (Å²) >= 11 is 0. The Kier molecular flexibility index (Phi) is 1.91. The summed E-state index contributed by atoms with van der Waals surface area (Å²) in [4.78, 5) is 2.35. The van der Waals surface area contributed by atoms with Crippen LogP contribution in [0.15, 0.2) is 24.3 Å². The number of likely N-dealkylation sites (tertiary alicyclic amines) is 1. The van der Waals surface area contributed by atoms with Crippen LogP contribution < -0.4 is 5.73 Å². The molecule has 2 nitrogen and oxygen atoms in total. The van der Waals surface area contributed by atoms with Gasteiger partial charge < -0.3 is 10.6 Å². The molecular weight excluding hydrogens is 184 g/mol. The summed E-state index contributed by atoms with van der Waals surface area (Å²) in [6.07, 6.45) is 2.31. The van der Waals surface area contributed by atoms with E-state index in [1.54, 1.807) is 0 Å². The van der Waals surface area contributed by atoms with Gasteiger partial charge in [0.05, 0.1) is 0 Å². The van der Waals surface area contributed by atoms with Crippen molar-refractivity contribution >= 4 is 0 Å². The monoisotopic (exact) mass is 202 g/mol. The molecule has 1 aliphatic heterocycles. The van der Waals surface area contributed by atoms with Crippen molar-refractivity contribution in [2.75, 3.05) is 20.1 Å².